The average molecular weight is 433 g/mol. The van der Waals surface area contributed by atoms with Crippen LogP contribution in [0, 0.1) is 12.3 Å². The first kappa shape index (κ1) is 23.4. The van der Waals surface area contributed by atoms with E-state index in [2.05, 4.69) is 21.2 Å². The zero-order valence-corrected chi connectivity index (χ0v) is 18.5. The van der Waals surface area contributed by atoms with Crippen LogP contribution in [0.2, 0.25) is 0 Å². The van der Waals surface area contributed by atoms with Gasteiger partial charge < -0.3 is 14.8 Å². The van der Waals surface area contributed by atoms with Gasteiger partial charge in [0.25, 0.3) is 0 Å². The standard InChI is InChI=1S/C25H28N4O3/c1-4-19-6-5-7-21(14-19)28-25-23-16-20(8-9-24(23)26-18-27-25)15-22(30)17-29(10-12-31-2)11-13-32-3/h1,5-9,14,16,18H,10-13,15,17H2,2-3H3,(H,26,27,28). The lowest BCUT2D eigenvalue weighted by molar-refractivity contribution is -0.119. The number of methoxy groups -OCH3 is 2. The summed E-state index contributed by atoms with van der Waals surface area (Å²) in [6, 6.07) is 13.4. The maximum Gasteiger partial charge on any atom is 0.151 e. The van der Waals surface area contributed by atoms with Crippen LogP contribution in [-0.2, 0) is 20.7 Å². The van der Waals surface area contributed by atoms with E-state index >= 15 is 0 Å². The van der Waals surface area contributed by atoms with E-state index in [1.54, 1.807) is 14.2 Å². The van der Waals surface area contributed by atoms with E-state index in [-0.39, 0.29) is 5.78 Å². The lowest BCUT2D eigenvalue weighted by atomic mass is 10.1. The van der Waals surface area contributed by atoms with Gasteiger partial charge in [0.2, 0.25) is 0 Å². The van der Waals surface area contributed by atoms with Crippen LogP contribution in [0.4, 0.5) is 11.5 Å². The molecule has 3 aromatic rings. The fourth-order valence-electron chi connectivity index (χ4n) is 3.38. The molecule has 0 saturated carbocycles. The van der Waals surface area contributed by atoms with E-state index in [4.69, 9.17) is 15.9 Å². The molecule has 0 radical (unpaired) electrons. The molecule has 166 valence electrons. The quantitative estimate of drug-likeness (QED) is 0.441. The van der Waals surface area contributed by atoms with Crippen molar-refractivity contribution in [3.05, 3.63) is 59.9 Å². The van der Waals surface area contributed by atoms with Crippen molar-refractivity contribution in [1.29, 1.82) is 0 Å². The van der Waals surface area contributed by atoms with Gasteiger partial charge in [-0.25, -0.2) is 9.97 Å². The molecular formula is C25H28N4O3. The number of carbonyl (C=O) groups excluding carboxylic acids is 1. The van der Waals surface area contributed by atoms with E-state index in [9.17, 15) is 4.79 Å². The number of anilines is 2. The Bertz CT molecular complexity index is 1090. The Hall–Kier alpha value is -3.31. The second-order valence-corrected chi connectivity index (χ2v) is 7.40. The van der Waals surface area contributed by atoms with Gasteiger partial charge in [-0.1, -0.05) is 18.1 Å². The molecule has 7 heteroatoms. The molecule has 0 bridgehead atoms. The van der Waals surface area contributed by atoms with Gasteiger partial charge in [0.15, 0.2) is 5.78 Å². The molecule has 0 spiro atoms. The SMILES string of the molecule is C#Cc1cccc(Nc2ncnc3ccc(CC(=O)CN(CCOC)CCOC)cc23)c1. The van der Waals surface area contributed by atoms with Gasteiger partial charge in [0.1, 0.15) is 12.1 Å². The number of aromatic nitrogens is 2. The Morgan fingerprint density at radius 3 is 2.59 bits per heavy atom. The van der Waals surface area contributed by atoms with Crippen LogP contribution in [-0.4, -0.2) is 67.7 Å². The van der Waals surface area contributed by atoms with E-state index < -0.39 is 0 Å². The molecule has 0 aliphatic rings. The van der Waals surface area contributed by atoms with Crippen LogP contribution in [0.15, 0.2) is 48.8 Å². The normalized spacial score (nSPS) is 10.9. The first-order valence-electron chi connectivity index (χ1n) is 10.4. The molecule has 0 fully saturated rings. The minimum atomic E-state index is 0.129. The second kappa shape index (κ2) is 11.9. The lowest BCUT2D eigenvalue weighted by Gasteiger charge is -2.20. The number of nitrogens with zero attached hydrogens (tertiary/aromatic N) is 3. The van der Waals surface area contributed by atoms with Crippen molar-refractivity contribution in [2.45, 2.75) is 6.42 Å². The average Bonchev–Trinajstić information content (AvgIpc) is 2.81. The Balaban J connectivity index is 1.75. The number of terminal acetylenes is 1. The molecule has 1 aromatic heterocycles. The fraction of sp³-hybridized carbons (Fsp3) is 0.320. The molecule has 0 unspecified atom stereocenters. The molecule has 0 atom stereocenters. The van der Waals surface area contributed by atoms with Crippen LogP contribution in [0.5, 0.6) is 0 Å². The van der Waals surface area contributed by atoms with Gasteiger partial charge >= 0.3 is 0 Å². The van der Waals surface area contributed by atoms with Crippen LogP contribution in [0.1, 0.15) is 11.1 Å². The third-order valence-electron chi connectivity index (χ3n) is 5.02. The highest BCUT2D eigenvalue weighted by Gasteiger charge is 2.13. The van der Waals surface area contributed by atoms with Gasteiger partial charge in [-0.05, 0) is 35.9 Å². The number of Topliss-reactive ketones (excluding diaryl/α,β-unsaturated/α-hetero) is 1. The molecule has 0 saturated heterocycles. The number of fused-ring (bicyclic) bond motifs is 1. The third-order valence-corrected chi connectivity index (χ3v) is 5.02. The number of nitrogens with one attached hydrogen (secondary N) is 1. The van der Waals surface area contributed by atoms with E-state index in [1.165, 1.54) is 6.33 Å². The van der Waals surface area contributed by atoms with Crippen LogP contribution >= 0.6 is 0 Å². The van der Waals surface area contributed by atoms with Crippen molar-refractivity contribution in [3.63, 3.8) is 0 Å². The predicted octanol–water partition coefficient (Wildman–Crippen LogP) is 3.06. The highest BCUT2D eigenvalue weighted by Crippen LogP contribution is 2.24. The molecule has 0 aliphatic heterocycles. The number of hydrogen-bond donors (Lipinski definition) is 1. The molecule has 1 heterocycles. The molecule has 7 nitrogen and oxygen atoms in total. The first-order chi connectivity index (χ1) is 15.6. The lowest BCUT2D eigenvalue weighted by Crippen LogP contribution is -2.35. The molecular weight excluding hydrogens is 404 g/mol. The summed E-state index contributed by atoms with van der Waals surface area (Å²) < 4.78 is 10.3. The summed E-state index contributed by atoms with van der Waals surface area (Å²) in [5, 5.41) is 4.16. The predicted molar refractivity (Wildman–Crippen MR) is 126 cm³/mol. The van der Waals surface area contributed by atoms with Crippen molar-refractivity contribution in [3.8, 4) is 12.3 Å². The summed E-state index contributed by atoms with van der Waals surface area (Å²) in [5.74, 6) is 3.43. The molecule has 2 aromatic carbocycles. The van der Waals surface area contributed by atoms with E-state index in [0.29, 0.717) is 45.1 Å². The van der Waals surface area contributed by atoms with Crippen LogP contribution in [0.3, 0.4) is 0 Å². The summed E-state index contributed by atoms with van der Waals surface area (Å²) in [7, 11) is 3.31. The molecule has 0 aliphatic carbocycles. The molecule has 1 N–H and O–H groups in total. The van der Waals surface area contributed by atoms with Gasteiger partial charge in [0.05, 0.1) is 25.3 Å². The number of ether oxygens (including phenoxy) is 2. The summed E-state index contributed by atoms with van der Waals surface area (Å²) in [6.07, 6.45) is 7.35. The molecule has 32 heavy (non-hydrogen) atoms. The molecule has 3 rings (SSSR count). The summed E-state index contributed by atoms with van der Waals surface area (Å²) in [6.45, 7) is 2.85. The second-order valence-electron chi connectivity index (χ2n) is 7.40. The highest BCUT2D eigenvalue weighted by molar-refractivity contribution is 5.92. The minimum Gasteiger partial charge on any atom is -0.383 e. The zero-order chi connectivity index (χ0) is 22.8. The topological polar surface area (TPSA) is 76.6 Å². The Morgan fingerprint density at radius 1 is 1.09 bits per heavy atom. The Labute approximate surface area is 188 Å². The monoisotopic (exact) mass is 432 g/mol. The highest BCUT2D eigenvalue weighted by atomic mass is 16.5. The van der Waals surface area contributed by atoms with Gasteiger partial charge in [-0.15, -0.1) is 6.42 Å². The summed E-state index contributed by atoms with van der Waals surface area (Å²) in [5.41, 5.74) is 3.34. The number of benzene rings is 2. The number of rotatable bonds is 12. The van der Waals surface area contributed by atoms with Gasteiger partial charge in [-0.3, -0.25) is 9.69 Å². The summed E-state index contributed by atoms with van der Waals surface area (Å²) in [4.78, 5) is 23.5. The zero-order valence-electron chi connectivity index (χ0n) is 18.5. The van der Waals surface area contributed by atoms with Crippen molar-refractivity contribution in [1.82, 2.24) is 14.9 Å². The van der Waals surface area contributed by atoms with Crippen molar-refractivity contribution in [2.24, 2.45) is 0 Å². The fourth-order valence-corrected chi connectivity index (χ4v) is 3.38. The minimum absolute atomic E-state index is 0.129. The number of ketones is 1. The van der Waals surface area contributed by atoms with Gasteiger partial charge in [0, 0.05) is 50.4 Å². The van der Waals surface area contributed by atoms with Crippen LogP contribution < -0.4 is 5.32 Å². The Kier molecular flexibility index (Phi) is 8.70. The number of carbonyl (C=O) groups is 1. The largest absolute Gasteiger partial charge is 0.383 e. The van der Waals surface area contributed by atoms with Gasteiger partial charge in [-0.2, -0.15) is 0 Å². The third kappa shape index (κ3) is 6.59. The maximum absolute atomic E-state index is 12.7. The summed E-state index contributed by atoms with van der Waals surface area (Å²) >= 11 is 0. The van der Waals surface area contributed by atoms with E-state index in [1.807, 2.05) is 47.4 Å². The van der Waals surface area contributed by atoms with Crippen molar-refractivity contribution >= 4 is 28.2 Å². The van der Waals surface area contributed by atoms with Crippen molar-refractivity contribution in [2.75, 3.05) is 52.4 Å². The maximum atomic E-state index is 12.7. The van der Waals surface area contributed by atoms with Crippen molar-refractivity contribution < 1.29 is 14.3 Å². The van der Waals surface area contributed by atoms with E-state index in [0.717, 1.165) is 27.7 Å². The first-order valence-corrected chi connectivity index (χ1v) is 10.4. The van der Waals surface area contributed by atoms with Crippen LogP contribution in [0.25, 0.3) is 10.9 Å². The Morgan fingerprint density at radius 2 is 1.88 bits per heavy atom. The number of hydrogen-bond acceptors (Lipinski definition) is 7. The smallest absolute Gasteiger partial charge is 0.151 e. The molecule has 0 amide bonds.